The molecule has 1 aromatic carbocycles. The summed E-state index contributed by atoms with van der Waals surface area (Å²) in [6.45, 7) is 2.35. The fourth-order valence-electron chi connectivity index (χ4n) is 2.25. The Kier molecular flexibility index (Phi) is 4.31. The van der Waals surface area contributed by atoms with Gasteiger partial charge in [-0.3, -0.25) is 0 Å². The number of para-hydroxylation sites is 1. The normalized spacial score (nSPS) is 19.8. The summed E-state index contributed by atoms with van der Waals surface area (Å²) in [4.78, 5) is 0. The number of halogens is 2. The minimum atomic E-state index is -2.23. The number of alkyl halides is 2. The average molecular weight is 240 g/mol. The summed E-state index contributed by atoms with van der Waals surface area (Å²) in [6, 6.07) is 8.00. The lowest BCUT2D eigenvalue weighted by Gasteiger charge is -2.16. The van der Waals surface area contributed by atoms with E-state index in [-0.39, 0.29) is 6.42 Å². The van der Waals surface area contributed by atoms with Gasteiger partial charge >= 0.3 is 0 Å². The molecule has 2 N–H and O–H groups in total. The highest BCUT2D eigenvalue weighted by Gasteiger charge is 2.19. The first-order chi connectivity index (χ1) is 8.27. The monoisotopic (exact) mass is 240 g/mol. The van der Waals surface area contributed by atoms with E-state index in [1.807, 2.05) is 18.2 Å². The second-order valence-corrected chi connectivity index (χ2v) is 4.38. The molecule has 17 heavy (non-hydrogen) atoms. The lowest BCUT2D eigenvalue weighted by Crippen LogP contribution is -2.11. The molecule has 1 unspecified atom stereocenters. The van der Waals surface area contributed by atoms with Gasteiger partial charge in [-0.2, -0.15) is 0 Å². The molecule has 0 saturated carbocycles. The summed E-state index contributed by atoms with van der Waals surface area (Å²) in [5.41, 5.74) is 2.24. The maximum absolute atomic E-state index is 12.1. The highest BCUT2D eigenvalue weighted by atomic mass is 19.3. The molecule has 2 nitrogen and oxygen atoms in total. The number of hydrogen-bond acceptors (Lipinski definition) is 2. The van der Waals surface area contributed by atoms with Gasteiger partial charge in [0.25, 0.3) is 0 Å². The van der Waals surface area contributed by atoms with Crippen LogP contribution in [0, 0.1) is 0 Å². The van der Waals surface area contributed by atoms with Crippen LogP contribution in [0.5, 0.6) is 0 Å². The maximum Gasteiger partial charge on any atom is 0.240 e. The van der Waals surface area contributed by atoms with Gasteiger partial charge in [-0.1, -0.05) is 18.2 Å². The number of rotatable bonds is 5. The van der Waals surface area contributed by atoms with Gasteiger partial charge in [0.2, 0.25) is 6.43 Å². The Labute approximate surface area is 100 Å². The van der Waals surface area contributed by atoms with Crippen LogP contribution < -0.4 is 10.6 Å². The van der Waals surface area contributed by atoms with Crippen molar-refractivity contribution in [2.45, 2.75) is 25.2 Å². The first-order valence-corrected chi connectivity index (χ1v) is 6.09. The maximum atomic E-state index is 12.1. The van der Waals surface area contributed by atoms with Gasteiger partial charge in [0.15, 0.2) is 0 Å². The molecule has 0 spiro atoms. The van der Waals surface area contributed by atoms with Gasteiger partial charge in [0.05, 0.1) is 0 Å². The van der Waals surface area contributed by atoms with Crippen molar-refractivity contribution in [2.75, 3.05) is 25.0 Å². The molecule has 1 atom stereocenters. The molecule has 0 aliphatic carbocycles. The Hall–Kier alpha value is -1.16. The molecule has 1 aliphatic heterocycles. The van der Waals surface area contributed by atoms with Crippen molar-refractivity contribution >= 4 is 5.69 Å². The molecule has 0 aromatic heterocycles. The molecular formula is C13H18F2N2. The van der Waals surface area contributed by atoms with Crippen LogP contribution in [0.15, 0.2) is 24.3 Å². The second-order valence-electron chi connectivity index (χ2n) is 4.38. The number of benzene rings is 1. The summed E-state index contributed by atoms with van der Waals surface area (Å²) in [5, 5.41) is 6.44. The molecule has 4 heteroatoms. The molecule has 2 rings (SSSR count). The van der Waals surface area contributed by atoms with Gasteiger partial charge in [-0.15, -0.1) is 0 Å². The molecular weight excluding hydrogens is 222 g/mol. The first kappa shape index (κ1) is 12.3. The van der Waals surface area contributed by atoms with Gasteiger partial charge in [0.1, 0.15) is 0 Å². The lowest BCUT2D eigenvalue weighted by atomic mass is 9.96. The van der Waals surface area contributed by atoms with Crippen molar-refractivity contribution in [3.63, 3.8) is 0 Å². The zero-order chi connectivity index (χ0) is 12.1. The van der Waals surface area contributed by atoms with E-state index < -0.39 is 6.43 Å². The average Bonchev–Trinajstić information content (AvgIpc) is 2.82. The quantitative estimate of drug-likeness (QED) is 0.827. The zero-order valence-corrected chi connectivity index (χ0v) is 9.76. The van der Waals surface area contributed by atoms with Crippen LogP contribution in [0.1, 0.15) is 24.3 Å². The van der Waals surface area contributed by atoms with Crippen LogP contribution >= 0.6 is 0 Å². The third kappa shape index (κ3) is 3.40. The summed E-state index contributed by atoms with van der Waals surface area (Å²) in [5.74, 6) is 0.505. The van der Waals surface area contributed by atoms with Crippen molar-refractivity contribution in [1.82, 2.24) is 5.32 Å². The number of hydrogen-bond donors (Lipinski definition) is 2. The van der Waals surface area contributed by atoms with Gasteiger partial charge < -0.3 is 10.6 Å². The van der Waals surface area contributed by atoms with Gasteiger partial charge in [-0.25, -0.2) is 8.78 Å². The summed E-state index contributed by atoms with van der Waals surface area (Å²) >= 11 is 0. The largest absolute Gasteiger partial charge is 0.385 e. The smallest absolute Gasteiger partial charge is 0.240 e. The van der Waals surface area contributed by atoms with E-state index in [0.717, 1.165) is 25.2 Å². The second kappa shape index (κ2) is 5.96. The Bertz CT molecular complexity index is 349. The van der Waals surface area contributed by atoms with Crippen molar-refractivity contribution in [1.29, 1.82) is 0 Å². The molecule has 94 valence electrons. The van der Waals surface area contributed by atoms with Crippen LogP contribution in [0.2, 0.25) is 0 Å². The minimum Gasteiger partial charge on any atom is -0.385 e. The molecule has 0 amide bonds. The minimum absolute atomic E-state index is 0.0999. The summed E-state index contributed by atoms with van der Waals surface area (Å²) in [6.07, 6.45) is -1.21. The van der Waals surface area contributed by atoms with E-state index in [2.05, 4.69) is 16.7 Å². The predicted molar refractivity (Wildman–Crippen MR) is 65.8 cm³/mol. The third-order valence-corrected chi connectivity index (χ3v) is 3.14. The van der Waals surface area contributed by atoms with Gasteiger partial charge in [0, 0.05) is 25.2 Å². The topological polar surface area (TPSA) is 24.1 Å². The van der Waals surface area contributed by atoms with E-state index in [1.54, 1.807) is 0 Å². The molecule has 0 bridgehead atoms. The SMILES string of the molecule is FC(F)CCNc1ccccc1C1CCNC1. The first-order valence-electron chi connectivity index (χ1n) is 6.09. The van der Waals surface area contributed by atoms with E-state index in [4.69, 9.17) is 0 Å². The molecule has 1 aromatic rings. The Balaban J connectivity index is 2.00. The van der Waals surface area contributed by atoms with Crippen molar-refractivity contribution in [3.05, 3.63) is 29.8 Å². The van der Waals surface area contributed by atoms with Crippen molar-refractivity contribution < 1.29 is 8.78 Å². The highest BCUT2D eigenvalue weighted by Crippen LogP contribution is 2.28. The zero-order valence-electron chi connectivity index (χ0n) is 9.76. The molecule has 1 aliphatic rings. The predicted octanol–water partition coefficient (Wildman–Crippen LogP) is 2.83. The van der Waals surface area contributed by atoms with E-state index in [9.17, 15) is 8.78 Å². The van der Waals surface area contributed by atoms with E-state index in [0.29, 0.717) is 12.5 Å². The van der Waals surface area contributed by atoms with Crippen LogP contribution in [0.4, 0.5) is 14.5 Å². The lowest BCUT2D eigenvalue weighted by molar-refractivity contribution is 0.142. The van der Waals surface area contributed by atoms with Crippen molar-refractivity contribution in [3.8, 4) is 0 Å². The Morgan fingerprint density at radius 2 is 2.18 bits per heavy atom. The molecule has 1 fully saturated rings. The van der Waals surface area contributed by atoms with E-state index >= 15 is 0 Å². The Morgan fingerprint density at radius 3 is 2.88 bits per heavy atom. The number of nitrogens with one attached hydrogen (secondary N) is 2. The van der Waals surface area contributed by atoms with Crippen LogP contribution in [0.25, 0.3) is 0 Å². The summed E-state index contributed by atoms with van der Waals surface area (Å²) in [7, 11) is 0. The van der Waals surface area contributed by atoms with Crippen molar-refractivity contribution in [2.24, 2.45) is 0 Å². The third-order valence-electron chi connectivity index (χ3n) is 3.14. The number of anilines is 1. The molecule has 1 saturated heterocycles. The van der Waals surface area contributed by atoms with Crippen LogP contribution in [-0.4, -0.2) is 26.1 Å². The standard InChI is InChI=1S/C13H18F2N2/c14-13(15)6-8-17-12-4-2-1-3-11(12)10-5-7-16-9-10/h1-4,10,13,16-17H,5-9H2. The molecule has 0 radical (unpaired) electrons. The van der Waals surface area contributed by atoms with E-state index in [1.165, 1.54) is 5.56 Å². The Morgan fingerprint density at radius 1 is 1.35 bits per heavy atom. The fourth-order valence-corrected chi connectivity index (χ4v) is 2.25. The molecule has 1 heterocycles. The fraction of sp³-hybridized carbons (Fsp3) is 0.538. The van der Waals surface area contributed by atoms with Crippen LogP contribution in [0.3, 0.4) is 0 Å². The van der Waals surface area contributed by atoms with Gasteiger partial charge in [-0.05, 0) is 30.5 Å². The highest BCUT2D eigenvalue weighted by molar-refractivity contribution is 5.53. The van der Waals surface area contributed by atoms with Crippen LogP contribution in [-0.2, 0) is 0 Å². The summed E-state index contributed by atoms with van der Waals surface area (Å²) < 4.78 is 24.2.